The molecule has 3 fully saturated rings. The fourth-order valence-corrected chi connectivity index (χ4v) is 7.01. The summed E-state index contributed by atoms with van der Waals surface area (Å²) < 4.78 is 27.8. The number of rotatable bonds is 8. The molecule has 0 bridgehead atoms. The monoisotopic (exact) mass is 583 g/mol. The number of carbonyl (C=O) groups excluding carboxylic acids is 2. The van der Waals surface area contributed by atoms with Gasteiger partial charge < -0.3 is 15.1 Å². The summed E-state index contributed by atoms with van der Waals surface area (Å²) in [6, 6.07) is 21.9. The second-order valence-electron chi connectivity index (χ2n) is 12.1. The molecule has 0 radical (unpaired) electrons. The van der Waals surface area contributed by atoms with Crippen LogP contribution in [0, 0.1) is 17.6 Å². The van der Waals surface area contributed by atoms with Gasteiger partial charge in [-0.05, 0) is 86.2 Å². The number of para-hydroxylation sites is 1. The fraction of sp³-hybridized carbons (Fsp3) is 0.382. The van der Waals surface area contributed by atoms with Crippen molar-refractivity contribution in [2.75, 3.05) is 37.7 Å². The molecule has 2 amide bonds. The fourth-order valence-electron chi connectivity index (χ4n) is 7.01. The molecular weight excluding hydrogens is 548 g/mol. The third-order valence-electron chi connectivity index (χ3n) is 9.52. The highest BCUT2D eigenvalue weighted by molar-refractivity contribution is 6.11. The van der Waals surface area contributed by atoms with Crippen molar-refractivity contribution < 1.29 is 18.4 Å². The van der Waals surface area contributed by atoms with Crippen LogP contribution < -0.4 is 10.2 Å². The van der Waals surface area contributed by atoms with Gasteiger partial charge >= 0.3 is 0 Å². The van der Waals surface area contributed by atoms with Crippen LogP contribution in [0.25, 0.3) is 0 Å². The molecule has 0 aromatic heterocycles. The van der Waals surface area contributed by atoms with Crippen molar-refractivity contribution in [1.29, 1.82) is 0 Å². The Morgan fingerprint density at radius 3 is 2.00 bits per heavy atom. The van der Waals surface area contributed by atoms with E-state index in [1.165, 1.54) is 24.3 Å². The lowest BCUT2D eigenvalue weighted by molar-refractivity contribution is -0.130. The van der Waals surface area contributed by atoms with Crippen LogP contribution in [0.1, 0.15) is 43.2 Å². The molecule has 3 aliphatic heterocycles. The molecular formula is C34H35F2N5O2. The number of carbonyl (C=O) groups is 2. The zero-order valence-corrected chi connectivity index (χ0v) is 24.0. The minimum atomic E-state index is -1.37. The highest BCUT2D eigenvalue weighted by atomic mass is 19.1. The number of likely N-dealkylation sites (tertiary alicyclic amines) is 1. The molecule has 1 saturated carbocycles. The normalized spacial score (nSPS) is 21.4. The number of hydrogen-bond acceptors (Lipinski definition) is 5. The molecule has 1 spiro atoms. The summed E-state index contributed by atoms with van der Waals surface area (Å²) in [5, 5.41) is 3.06. The lowest BCUT2D eigenvalue weighted by Gasteiger charge is -2.43. The molecule has 7 nitrogen and oxygen atoms in total. The average Bonchev–Trinajstić information content (AvgIpc) is 3.77. The molecule has 222 valence electrons. The van der Waals surface area contributed by atoms with Crippen molar-refractivity contribution in [2.24, 2.45) is 10.9 Å². The second-order valence-corrected chi connectivity index (χ2v) is 12.1. The first-order valence-electron chi connectivity index (χ1n) is 15.2. The van der Waals surface area contributed by atoms with E-state index in [0.29, 0.717) is 24.3 Å². The number of nitrogens with one attached hydrogen (secondary N) is 1. The van der Waals surface area contributed by atoms with Gasteiger partial charge in [0, 0.05) is 31.2 Å². The van der Waals surface area contributed by atoms with Crippen molar-refractivity contribution >= 4 is 23.3 Å². The molecule has 1 aliphatic carbocycles. The lowest BCUT2D eigenvalue weighted by Crippen LogP contribution is -2.56. The summed E-state index contributed by atoms with van der Waals surface area (Å²) in [5.74, 6) is 0.131. The molecule has 43 heavy (non-hydrogen) atoms. The van der Waals surface area contributed by atoms with Gasteiger partial charge in [0.15, 0.2) is 5.54 Å². The number of anilines is 1. The SMILES string of the molecule is O=C1N(CCCN2CCC3(CC2)C(=O)NCN3c2ccccc2)C(C2CC2)=NC1(c1ccc(F)cc1)c1ccc(F)cc1. The largest absolute Gasteiger partial charge is 0.339 e. The number of nitrogens with zero attached hydrogens (tertiary/aromatic N) is 4. The van der Waals surface area contributed by atoms with Crippen LogP contribution in [0.5, 0.6) is 0 Å². The summed E-state index contributed by atoms with van der Waals surface area (Å²) in [6.45, 7) is 3.42. The van der Waals surface area contributed by atoms with Crippen molar-refractivity contribution in [3.05, 3.63) is 102 Å². The van der Waals surface area contributed by atoms with Gasteiger partial charge in [-0.15, -0.1) is 0 Å². The van der Waals surface area contributed by atoms with Gasteiger partial charge in [0.25, 0.3) is 5.91 Å². The third kappa shape index (κ3) is 4.79. The predicted molar refractivity (Wildman–Crippen MR) is 160 cm³/mol. The first-order chi connectivity index (χ1) is 20.9. The average molecular weight is 584 g/mol. The van der Waals surface area contributed by atoms with E-state index in [-0.39, 0.29) is 17.7 Å². The van der Waals surface area contributed by atoms with Crippen LogP contribution in [0.2, 0.25) is 0 Å². The number of halogens is 2. The Hall–Kier alpha value is -4.11. The molecule has 3 heterocycles. The summed E-state index contributed by atoms with van der Waals surface area (Å²) >= 11 is 0. The Morgan fingerprint density at radius 2 is 1.42 bits per heavy atom. The Morgan fingerprint density at radius 1 is 0.814 bits per heavy atom. The van der Waals surface area contributed by atoms with Crippen LogP contribution in [-0.2, 0) is 15.1 Å². The highest BCUT2D eigenvalue weighted by Crippen LogP contribution is 2.45. The molecule has 0 atom stereocenters. The summed E-state index contributed by atoms with van der Waals surface area (Å²) in [4.78, 5) is 38.9. The van der Waals surface area contributed by atoms with E-state index < -0.39 is 22.7 Å². The number of amidine groups is 1. The van der Waals surface area contributed by atoms with Gasteiger partial charge in [-0.3, -0.25) is 14.5 Å². The van der Waals surface area contributed by atoms with Crippen molar-refractivity contribution in [3.63, 3.8) is 0 Å². The maximum Gasteiger partial charge on any atom is 0.265 e. The number of piperidine rings is 1. The highest BCUT2D eigenvalue weighted by Gasteiger charge is 2.54. The molecule has 9 heteroatoms. The van der Waals surface area contributed by atoms with E-state index in [0.717, 1.165) is 63.3 Å². The molecule has 7 rings (SSSR count). The first kappa shape index (κ1) is 27.7. The van der Waals surface area contributed by atoms with E-state index in [4.69, 9.17) is 4.99 Å². The van der Waals surface area contributed by atoms with Gasteiger partial charge in [-0.25, -0.2) is 13.8 Å². The number of aliphatic imine (C=N–C) groups is 1. The van der Waals surface area contributed by atoms with Crippen LogP contribution in [0.4, 0.5) is 14.5 Å². The molecule has 3 aromatic rings. The minimum Gasteiger partial charge on any atom is -0.339 e. The standard InChI is InChI=1S/C34H35F2N5O2/c35-27-13-9-25(10-14-27)34(26-11-15-28(36)16-12-26)32(43)40(30(38-34)24-7-8-24)20-4-19-39-21-17-33(18-22-39)31(42)37-23-41(33)29-5-2-1-3-6-29/h1-3,5-6,9-16,24H,4,7-8,17-23H2,(H,37,42). The first-order valence-corrected chi connectivity index (χ1v) is 15.2. The van der Waals surface area contributed by atoms with Crippen LogP contribution in [0.15, 0.2) is 83.9 Å². The Labute approximate surface area is 250 Å². The zero-order chi connectivity index (χ0) is 29.6. The quantitative estimate of drug-likeness (QED) is 0.419. The Balaban J connectivity index is 1.06. The summed E-state index contributed by atoms with van der Waals surface area (Å²) in [5.41, 5.74) is 0.307. The Bertz CT molecular complexity index is 1490. The maximum absolute atomic E-state index is 14.4. The Kier molecular flexibility index (Phi) is 7.00. The molecule has 2 saturated heterocycles. The van der Waals surface area contributed by atoms with Crippen molar-refractivity contribution in [3.8, 4) is 0 Å². The number of benzene rings is 3. The van der Waals surface area contributed by atoms with E-state index in [9.17, 15) is 18.4 Å². The van der Waals surface area contributed by atoms with E-state index in [1.54, 1.807) is 24.3 Å². The van der Waals surface area contributed by atoms with Crippen LogP contribution >= 0.6 is 0 Å². The molecule has 0 unspecified atom stereocenters. The molecule has 4 aliphatic rings. The topological polar surface area (TPSA) is 68.2 Å². The number of amides is 2. The van der Waals surface area contributed by atoms with Gasteiger partial charge in [0.1, 0.15) is 23.0 Å². The van der Waals surface area contributed by atoms with Crippen molar-refractivity contribution in [2.45, 2.75) is 43.2 Å². The van der Waals surface area contributed by atoms with Gasteiger partial charge in [-0.1, -0.05) is 42.5 Å². The number of hydrogen-bond donors (Lipinski definition) is 1. The molecule has 3 aromatic carbocycles. The zero-order valence-electron chi connectivity index (χ0n) is 24.0. The summed E-state index contributed by atoms with van der Waals surface area (Å²) in [7, 11) is 0. The molecule has 1 N–H and O–H groups in total. The third-order valence-corrected chi connectivity index (χ3v) is 9.52. The smallest absolute Gasteiger partial charge is 0.265 e. The van der Waals surface area contributed by atoms with Gasteiger partial charge in [0.05, 0.1) is 6.67 Å². The van der Waals surface area contributed by atoms with Crippen molar-refractivity contribution in [1.82, 2.24) is 15.1 Å². The predicted octanol–water partition coefficient (Wildman–Crippen LogP) is 4.68. The maximum atomic E-state index is 14.4. The lowest BCUT2D eigenvalue weighted by atomic mass is 9.82. The van der Waals surface area contributed by atoms with E-state index >= 15 is 0 Å². The summed E-state index contributed by atoms with van der Waals surface area (Å²) in [6.07, 6.45) is 4.17. The van der Waals surface area contributed by atoms with E-state index in [1.807, 2.05) is 23.1 Å². The van der Waals surface area contributed by atoms with Crippen LogP contribution in [0.3, 0.4) is 0 Å². The second kappa shape index (κ2) is 10.9. The van der Waals surface area contributed by atoms with Crippen LogP contribution in [-0.4, -0.2) is 65.8 Å². The minimum absolute atomic E-state index is 0.0990. The van der Waals surface area contributed by atoms with Gasteiger partial charge in [0.2, 0.25) is 5.91 Å². The van der Waals surface area contributed by atoms with E-state index in [2.05, 4.69) is 27.2 Å². The van der Waals surface area contributed by atoms with Gasteiger partial charge in [-0.2, -0.15) is 0 Å².